The zero-order chi connectivity index (χ0) is 12.6. The molecule has 0 aliphatic carbocycles. The Morgan fingerprint density at radius 3 is 2.00 bits per heavy atom. The SMILES string of the molecule is CC(C)(C)c1ccc(SN)cc1C(F)(F)F. The molecule has 16 heavy (non-hydrogen) atoms. The van der Waals surface area contributed by atoms with E-state index in [4.69, 9.17) is 5.14 Å². The van der Waals surface area contributed by atoms with Crippen molar-refractivity contribution >= 4 is 11.9 Å². The summed E-state index contributed by atoms with van der Waals surface area (Å²) < 4.78 is 38.5. The molecule has 5 heteroatoms. The first kappa shape index (κ1) is 13.4. The maximum atomic E-state index is 12.8. The smallest absolute Gasteiger partial charge is 0.274 e. The molecule has 0 saturated carbocycles. The van der Waals surface area contributed by atoms with Gasteiger partial charge in [-0.25, -0.2) is 0 Å². The fourth-order valence-electron chi connectivity index (χ4n) is 1.49. The van der Waals surface area contributed by atoms with Gasteiger partial charge in [0, 0.05) is 4.90 Å². The van der Waals surface area contributed by atoms with Gasteiger partial charge in [-0.3, -0.25) is 5.14 Å². The van der Waals surface area contributed by atoms with Crippen LogP contribution >= 0.6 is 11.9 Å². The minimum Gasteiger partial charge on any atom is -0.274 e. The first-order valence-electron chi connectivity index (χ1n) is 4.74. The van der Waals surface area contributed by atoms with Gasteiger partial charge in [0.25, 0.3) is 0 Å². The summed E-state index contributed by atoms with van der Waals surface area (Å²) in [6, 6.07) is 4.21. The Kier molecular flexibility index (Phi) is 3.59. The number of hydrogen-bond donors (Lipinski definition) is 1. The molecule has 2 N–H and O–H groups in total. The van der Waals surface area contributed by atoms with E-state index in [1.54, 1.807) is 26.8 Å². The maximum absolute atomic E-state index is 12.8. The molecule has 1 aromatic rings. The summed E-state index contributed by atoms with van der Waals surface area (Å²) in [6.07, 6.45) is -4.34. The summed E-state index contributed by atoms with van der Waals surface area (Å²) in [4.78, 5) is 0.417. The molecular formula is C11H14F3NS. The van der Waals surface area contributed by atoms with Gasteiger partial charge in [-0.15, -0.1) is 0 Å². The molecule has 90 valence electrons. The van der Waals surface area contributed by atoms with Crippen LogP contribution in [0.3, 0.4) is 0 Å². The summed E-state index contributed by atoms with van der Waals surface area (Å²) in [5, 5.41) is 5.27. The van der Waals surface area contributed by atoms with Gasteiger partial charge in [0.15, 0.2) is 0 Å². The third-order valence-corrected chi connectivity index (χ3v) is 2.77. The molecule has 0 unspecified atom stereocenters. The first-order valence-corrected chi connectivity index (χ1v) is 5.62. The fourth-order valence-corrected chi connectivity index (χ4v) is 1.82. The average molecular weight is 249 g/mol. The van der Waals surface area contributed by atoms with Crippen LogP contribution in [0, 0.1) is 0 Å². The third-order valence-electron chi connectivity index (χ3n) is 2.24. The summed E-state index contributed by atoms with van der Waals surface area (Å²) in [6.45, 7) is 5.27. The van der Waals surface area contributed by atoms with Crippen molar-refractivity contribution in [3.63, 3.8) is 0 Å². The lowest BCUT2D eigenvalue weighted by Gasteiger charge is -2.24. The molecule has 0 aliphatic rings. The van der Waals surface area contributed by atoms with Crippen LogP contribution in [0.5, 0.6) is 0 Å². The first-order chi connectivity index (χ1) is 7.16. The summed E-state index contributed by atoms with van der Waals surface area (Å²) in [5.74, 6) is 0. The van der Waals surface area contributed by atoms with Crippen LogP contribution in [0.25, 0.3) is 0 Å². The number of benzene rings is 1. The van der Waals surface area contributed by atoms with Crippen molar-refractivity contribution in [1.29, 1.82) is 0 Å². The van der Waals surface area contributed by atoms with Gasteiger partial charge >= 0.3 is 6.18 Å². The topological polar surface area (TPSA) is 26.0 Å². The van der Waals surface area contributed by atoms with E-state index < -0.39 is 17.2 Å². The van der Waals surface area contributed by atoms with Gasteiger partial charge in [0.05, 0.1) is 5.56 Å². The Hall–Kier alpha value is -0.680. The number of halogens is 3. The van der Waals surface area contributed by atoms with Gasteiger partial charge in [-0.1, -0.05) is 26.8 Å². The molecule has 1 nitrogen and oxygen atoms in total. The minimum atomic E-state index is -4.34. The molecule has 0 aliphatic heterocycles. The maximum Gasteiger partial charge on any atom is 0.416 e. The van der Waals surface area contributed by atoms with E-state index in [-0.39, 0.29) is 5.56 Å². The summed E-state index contributed by atoms with van der Waals surface area (Å²) in [5.41, 5.74) is -0.851. The van der Waals surface area contributed by atoms with Crippen molar-refractivity contribution < 1.29 is 13.2 Å². The zero-order valence-electron chi connectivity index (χ0n) is 9.35. The molecule has 0 fully saturated rings. The second kappa shape index (κ2) is 4.30. The Bertz CT molecular complexity index is 380. The van der Waals surface area contributed by atoms with Crippen LogP contribution in [0.15, 0.2) is 23.1 Å². The third kappa shape index (κ3) is 2.92. The minimum absolute atomic E-state index is 0.290. The highest BCUT2D eigenvalue weighted by atomic mass is 32.2. The molecule has 0 heterocycles. The number of hydrogen-bond acceptors (Lipinski definition) is 2. The Morgan fingerprint density at radius 2 is 1.62 bits per heavy atom. The van der Waals surface area contributed by atoms with Gasteiger partial charge in [-0.05, 0) is 35.1 Å². The molecule has 0 radical (unpaired) electrons. The normalized spacial score (nSPS) is 12.9. The van der Waals surface area contributed by atoms with E-state index in [1.807, 2.05) is 0 Å². The van der Waals surface area contributed by atoms with Crippen LogP contribution in [-0.2, 0) is 11.6 Å². The largest absolute Gasteiger partial charge is 0.416 e. The van der Waals surface area contributed by atoms with Crippen molar-refractivity contribution in [2.24, 2.45) is 5.14 Å². The standard InChI is InChI=1S/C11H14F3NS/c1-10(2,3)8-5-4-7(16-15)6-9(8)11(12,13)14/h4-6H,15H2,1-3H3. The van der Waals surface area contributed by atoms with Crippen molar-refractivity contribution in [3.8, 4) is 0 Å². The van der Waals surface area contributed by atoms with Crippen molar-refractivity contribution in [3.05, 3.63) is 29.3 Å². The van der Waals surface area contributed by atoms with Crippen molar-refractivity contribution in [2.75, 3.05) is 0 Å². The van der Waals surface area contributed by atoms with Gasteiger partial charge in [0.1, 0.15) is 0 Å². The molecule has 0 spiro atoms. The average Bonchev–Trinajstić information content (AvgIpc) is 2.14. The van der Waals surface area contributed by atoms with E-state index in [0.717, 1.165) is 18.0 Å². The second-order valence-corrected chi connectivity index (χ2v) is 5.28. The van der Waals surface area contributed by atoms with Crippen LogP contribution < -0.4 is 5.14 Å². The van der Waals surface area contributed by atoms with Gasteiger partial charge in [-0.2, -0.15) is 13.2 Å². The quantitative estimate of drug-likeness (QED) is 0.762. The number of rotatable bonds is 1. The van der Waals surface area contributed by atoms with E-state index in [2.05, 4.69) is 0 Å². The van der Waals surface area contributed by atoms with Gasteiger partial charge in [0.2, 0.25) is 0 Å². The van der Waals surface area contributed by atoms with E-state index in [1.165, 1.54) is 6.07 Å². The van der Waals surface area contributed by atoms with E-state index in [9.17, 15) is 13.2 Å². The second-order valence-electron chi connectivity index (χ2n) is 4.57. The summed E-state index contributed by atoms with van der Waals surface area (Å²) in [7, 11) is 0. The summed E-state index contributed by atoms with van der Waals surface area (Å²) >= 11 is 0.818. The Labute approximate surface area is 97.4 Å². The van der Waals surface area contributed by atoms with Crippen molar-refractivity contribution in [2.45, 2.75) is 37.3 Å². The van der Waals surface area contributed by atoms with Crippen LogP contribution in [0.2, 0.25) is 0 Å². The lowest BCUT2D eigenvalue weighted by molar-refractivity contribution is -0.138. The molecule has 1 aromatic carbocycles. The number of nitrogens with two attached hydrogens (primary N) is 1. The highest BCUT2D eigenvalue weighted by molar-refractivity contribution is 7.97. The molecular weight excluding hydrogens is 235 g/mol. The lowest BCUT2D eigenvalue weighted by atomic mass is 9.83. The van der Waals surface area contributed by atoms with Gasteiger partial charge < -0.3 is 0 Å². The Morgan fingerprint density at radius 1 is 1.06 bits per heavy atom. The van der Waals surface area contributed by atoms with Crippen LogP contribution in [0.4, 0.5) is 13.2 Å². The molecule has 0 amide bonds. The molecule has 0 saturated heterocycles. The lowest BCUT2D eigenvalue weighted by Crippen LogP contribution is -2.19. The zero-order valence-corrected chi connectivity index (χ0v) is 10.2. The molecule has 1 rings (SSSR count). The highest BCUT2D eigenvalue weighted by Gasteiger charge is 2.36. The molecule has 0 bridgehead atoms. The number of alkyl halides is 3. The van der Waals surface area contributed by atoms with E-state index >= 15 is 0 Å². The van der Waals surface area contributed by atoms with E-state index in [0.29, 0.717) is 4.90 Å². The predicted octanol–water partition coefficient (Wildman–Crippen LogP) is 3.97. The predicted molar refractivity (Wildman–Crippen MR) is 60.2 cm³/mol. The molecule has 0 atom stereocenters. The monoisotopic (exact) mass is 249 g/mol. The Balaban J connectivity index is 3.40. The fraction of sp³-hybridized carbons (Fsp3) is 0.455. The van der Waals surface area contributed by atoms with Crippen molar-refractivity contribution in [1.82, 2.24) is 0 Å². The van der Waals surface area contributed by atoms with Crippen LogP contribution in [-0.4, -0.2) is 0 Å². The highest BCUT2D eigenvalue weighted by Crippen LogP contribution is 2.38. The molecule has 0 aromatic heterocycles. The van der Waals surface area contributed by atoms with Crippen LogP contribution in [0.1, 0.15) is 31.9 Å².